The SMILES string of the molecule is CCC(C1=C(C(N)=O)OS(=O)(=O)O1)N(C)C. The zero-order valence-corrected chi connectivity index (χ0v) is 10.1. The number of carbonyl (C=O) groups is 1. The van der Waals surface area contributed by atoms with Crippen molar-refractivity contribution in [2.24, 2.45) is 5.73 Å². The van der Waals surface area contributed by atoms with E-state index in [-0.39, 0.29) is 11.8 Å². The maximum atomic E-state index is 11.1. The Morgan fingerprint density at radius 3 is 2.38 bits per heavy atom. The lowest BCUT2D eigenvalue weighted by atomic mass is 10.1. The molecule has 0 fully saturated rings. The van der Waals surface area contributed by atoms with Gasteiger partial charge in [-0.25, -0.2) is 0 Å². The first kappa shape index (κ1) is 12.8. The molecule has 16 heavy (non-hydrogen) atoms. The Morgan fingerprint density at radius 1 is 1.44 bits per heavy atom. The molecule has 1 aliphatic rings. The van der Waals surface area contributed by atoms with Gasteiger partial charge in [-0.3, -0.25) is 9.69 Å². The summed E-state index contributed by atoms with van der Waals surface area (Å²) in [7, 11) is -0.719. The third kappa shape index (κ3) is 2.45. The number of amides is 1. The van der Waals surface area contributed by atoms with E-state index in [1.165, 1.54) is 0 Å². The molecule has 1 unspecified atom stereocenters. The van der Waals surface area contributed by atoms with Crippen LogP contribution in [0.25, 0.3) is 0 Å². The molecule has 1 rings (SSSR count). The Balaban J connectivity index is 3.16. The molecule has 0 spiro atoms. The summed E-state index contributed by atoms with van der Waals surface area (Å²) in [6.07, 6.45) is 0.554. The van der Waals surface area contributed by atoms with Crippen LogP contribution in [0.15, 0.2) is 11.5 Å². The second kappa shape index (κ2) is 4.30. The Kier molecular flexibility index (Phi) is 3.44. The highest BCUT2D eigenvalue weighted by Gasteiger charge is 2.39. The van der Waals surface area contributed by atoms with Gasteiger partial charge in [0.05, 0.1) is 6.04 Å². The van der Waals surface area contributed by atoms with Gasteiger partial charge < -0.3 is 14.1 Å². The highest BCUT2D eigenvalue weighted by Crippen LogP contribution is 2.28. The summed E-state index contributed by atoms with van der Waals surface area (Å²) < 4.78 is 31.2. The van der Waals surface area contributed by atoms with Crippen molar-refractivity contribution in [3.63, 3.8) is 0 Å². The quantitative estimate of drug-likeness (QED) is 0.709. The summed E-state index contributed by atoms with van der Waals surface area (Å²) in [5.74, 6) is -1.46. The fraction of sp³-hybridized carbons (Fsp3) is 0.625. The van der Waals surface area contributed by atoms with Crippen molar-refractivity contribution >= 4 is 16.3 Å². The van der Waals surface area contributed by atoms with E-state index in [0.29, 0.717) is 6.42 Å². The minimum Gasteiger partial charge on any atom is -0.363 e. The molecule has 8 heteroatoms. The first-order valence-corrected chi connectivity index (χ1v) is 5.96. The largest absolute Gasteiger partial charge is 0.501 e. The molecule has 1 heterocycles. The van der Waals surface area contributed by atoms with Crippen LogP contribution in [-0.2, 0) is 23.6 Å². The van der Waals surface area contributed by atoms with Gasteiger partial charge >= 0.3 is 10.4 Å². The topological polar surface area (TPSA) is 98.9 Å². The minimum atomic E-state index is -4.18. The van der Waals surface area contributed by atoms with E-state index in [0.717, 1.165) is 0 Å². The summed E-state index contributed by atoms with van der Waals surface area (Å²) in [5.41, 5.74) is 5.02. The van der Waals surface area contributed by atoms with Crippen molar-refractivity contribution in [1.82, 2.24) is 4.90 Å². The Labute approximate surface area is 94.1 Å². The van der Waals surface area contributed by atoms with Gasteiger partial charge in [-0.1, -0.05) is 6.92 Å². The fourth-order valence-electron chi connectivity index (χ4n) is 1.46. The van der Waals surface area contributed by atoms with Crippen LogP contribution in [0.5, 0.6) is 0 Å². The molecule has 0 aliphatic carbocycles. The molecule has 1 amide bonds. The lowest BCUT2D eigenvalue weighted by molar-refractivity contribution is -0.116. The second-order valence-corrected chi connectivity index (χ2v) is 4.67. The first-order valence-electron chi connectivity index (χ1n) is 4.62. The van der Waals surface area contributed by atoms with Gasteiger partial charge in [-0.2, -0.15) is 0 Å². The zero-order chi connectivity index (χ0) is 12.5. The van der Waals surface area contributed by atoms with Gasteiger partial charge in [0.15, 0.2) is 5.76 Å². The van der Waals surface area contributed by atoms with Crippen LogP contribution in [0.3, 0.4) is 0 Å². The highest BCUT2D eigenvalue weighted by molar-refractivity contribution is 7.82. The van der Waals surface area contributed by atoms with Gasteiger partial charge in [0.25, 0.3) is 11.7 Å². The van der Waals surface area contributed by atoms with E-state index in [4.69, 9.17) is 5.73 Å². The normalized spacial score (nSPS) is 20.5. The highest BCUT2D eigenvalue weighted by atomic mass is 32.3. The van der Waals surface area contributed by atoms with Crippen molar-refractivity contribution in [3.05, 3.63) is 11.5 Å². The number of carbonyl (C=O) groups excluding carboxylic acids is 1. The predicted octanol–water partition coefficient (Wildman–Crippen LogP) is -0.685. The molecule has 1 atom stereocenters. The molecule has 0 aromatic carbocycles. The lowest BCUT2D eigenvalue weighted by Crippen LogP contribution is -2.31. The van der Waals surface area contributed by atoms with E-state index in [1.807, 2.05) is 6.92 Å². The summed E-state index contributed by atoms with van der Waals surface area (Å²) in [5, 5.41) is 0. The minimum absolute atomic E-state index is 0.0556. The fourth-order valence-corrected chi connectivity index (χ4v) is 2.27. The molecular weight excluding hydrogens is 236 g/mol. The first-order chi connectivity index (χ1) is 7.28. The number of rotatable bonds is 4. The third-order valence-corrected chi connectivity index (χ3v) is 2.89. The lowest BCUT2D eigenvalue weighted by Gasteiger charge is -2.21. The van der Waals surface area contributed by atoms with Crippen LogP contribution in [0.1, 0.15) is 13.3 Å². The predicted molar refractivity (Wildman–Crippen MR) is 55.1 cm³/mol. The second-order valence-electron chi connectivity index (χ2n) is 3.52. The average Bonchev–Trinajstić information content (AvgIpc) is 2.42. The van der Waals surface area contributed by atoms with Crippen LogP contribution in [-0.4, -0.2) is 39.4 Å². The summed E-state index contributed by atoms with van der Waals surface area (Å²) >= 11 is 0. The Hall–Kier alpha value is -1.28. The molecule has 0 saturated heterocycles. The van der Waals surface area contributed by atoms with Gasteiger partial charge in [-0.15, -0.1) is 8.42 Å². The third-order valence-electron chi connectivity index (χ3n) is 2.14. The number of likely N-dealkylation sites (N-methyl/N-ethyl adjacent to an activating group) is 1. The molecule has 1 aliphatic heterocycles. The summed E-state index contributed by atoms with van der Waals surface area (Å²) in [6.45, 7) is 1.82. The molecule has 2 N–H and O–H groups in total. The van der Waals surface area contributed by atoms with Crippen LogP contribution >= 0.6 is 0 Å². The summed E-state index contributed by atoms with van der Waals surface area (Å²) in [4.78, 5) is 12.7. The molecule has 0 radical (unpaired) electrons. The molecule has 0 bridgehead atoms. The van der Waals surface area contributed by atoms with Crippen molar-refractivity contribution in [3.8, 4) is 0 Å². The standard InChI is InChI=1S/C8H14N2O5S/c1-4-5(10(2)3)6-7(8(9)11)15-16(12,13)14-6/h5H,4H2,1-3H3,(H2,9,11). The van der Waals surface area contributed by atoms with Crippen LogP contribution in [0.2, 0.25) is 0 Å². The van der Waals surface area contributed by atoms with Crippen LogP contribution in [0, 0.1) is 0 Å². The van der Waals surface area contributed by atoms with Crippen molar-refractivity contribution < 1.29 is 21.6 Å². The van der Waals surface area contributed by atoms with Gasteiger partial charge in [0.2, 0.25) is 0 Å². The molecule has 92 valence electrons. The van der Waals surface area contributed by atoms with E-state index in [2.05, 4.69) is 8.37 Å². The van der Waals surface area contributed by atoms with E-state index >= 15 is 0 Å². The molecule has 0 aromatic heterocycles. The van der Waals surface area contributed by atoms with Gasteiger partial charge in [0, 0.05) is 0 Å². The summed E-state index contributed by atoms with van der Waals surface area (Å²) in [6, 6.07) is -0.375. The molecule has 0 saturated carbocycles. The average molecular weight is 250 g/mol. The van der Waals surface area contributed by atoms with E-state index in [9.17, 15) is 13.2 Å². The smallest absolute Gasteiger partial charge is 0.363 e. The maximum Gasteiger partial charge on any atom is 0.501 e. The molecule has 0 aromatic rings. The zero-order valence-electron chi connectivity index (χ0n) is 9.26. The van der Waals surface area contributed by atoms with E-state index < -0.39 is 22.1 Å². The van der Waals surface area contributed by atoms with Crippen molar-refractivity contribution in [1.29, 1.82) is 0 Å². The maximum absolute atomic E-state index is 11.1. The Morgan fingerprint density at radius 2 is 2.00 bits per heavy atom. The van der Waals surface area contributed by atoms with Crippen LogP contribution < -0.4 is 5.73 Å². The van der Waals surface area contributed by atoms with Gasteiger partial charge in [0.1, 0.15) is 0 Å². The molecular formula is C8H14N2O5S. The Bertz CT molecular complexity index is 426. The molecule has 7 nitrogen and oxygen atoms in total. The van der Waals surface area contributed by atoms with E-state index in [1.54, 1.807) is 19.0 Å². The monoisotopic (exact) mass is 250 g/mol. The number of primary amides is 1. The van der Waals surface area contributed by atoms with Gasteiger partial charge in [-0.05, 0) is 20.5 Å². The number of nitrogens with two attached hydrogens (primary N) is 1. The van der Waals surface area contributed by atoms with Crippen molar-refractivity contribution in [2.75, 3.05) is 14.1 Å². The number of hydrogen-bond acceptors (Lipinski definition) is 6. The van der Waals surface area contributed by atoms with Crippen LogP contribution in [0.4, 0.5) is 0 Å². The number of nitrogens with zero attached hydrogens (tertiary/aromatic N) is 1. The number of hydrogen-bond donors (Lipinski definition) is 1. The van der Waals surface area contributed by atoms with Crippen molar-refractivity contribution in [2.45, 2.75) is 19.4 Å².